The summed E-state index contributed by atoms with van der Waals surface area (Å²) in [6.45, 7) is 0. The van der Waals surface area contributed by atoms with Crippen LogP contribution in [0.5, 0.6) is 0 Å². The van der Waals surface area contributed by atoms with Gasteiger partial charge >= 0.3 is 0 Å². The van der Waals surface area contributed by atoms with Crippen molar-refractivity contribution in [2.24, 2.45) is 0 Å². The van der Waals surface area contributed by atoms with E-state index in [1.807, 2.05) is 97.2 Å². The first-order chi connectivity index (χ1) is 15.2. The molecule has 0 amide bonds. The van der Waals surface area contributed by atoms with Crippen molar-refractivity contribution in [3.05, 3.63) is 107 Å². The molecule has 5 aromatic rings. The van der Waals surface area contributed by atoms with Crippen molar-refractivity contribution >= 4 is 23.2 Å². The summed E-state index contributed by atoms with van der Waals surface area (Å²) in [4.78, 5) is 4.88. The molecule has 2 heterocycles. The minimum absolute atomic E-state index is 0.684. The molecular formula is C25H16Cl2N4. The fourth-order valence-electron chi connectivity index (χ4n) is 3.32. The van der Waals surface area contributed by atoms with Gasteiger partial charge in [0.15, 0.2) is 0 Å². The van der Waals surface area contributed by atoms with Gasteiger partial charge in [0.05, 0.1) is 23.3 Å². The van der Waals surface area contributed by atoms with Gasteiger partial charge < -0.3 is 0 Å². The van der Waals surface area contributed by atoms with Crippen molar-refractivity contribution in [2.45, 2.75) is 0 Å². The van der Waals surface area contributed by atoms with Crippen LogP contribution in [0.4, 0.5) is 0 Å². The van der Waals surface area contributed by atoms with Crippen molar-refractivity contribution in [3.63, 3.8) is 0 Å². The van der Waals surface area contributed by atoms with Gasteiger partial charge in [-0.05, 0) is 48.5 Å². The summed E-state index contributed by atoms with van der Waals surface area (Å²) in [5.74, 6) is 0. The van der Waals surface area contributed by atoms with Crippen molar-refractivity contribution in [3.8, 4) is 39.5 Å². The molecule has 0 aliphatic heterocycles. The van der Waals surface area contributed by atoms with E-state index in [0.717, 1.165) is 39.5 Å². The number of nitrogens with zero attached hydrogens (tertiary/aromatic N) is 4. The summed E-state index contributed by atoms with van der Waals surface area (Å²) in [5.41, 5.74) is 6.23. The fourth-order valence-corrected chi connectivity index (χ4v) is 3.57. The molecule has 4 nitrogen and oxygen atoms in total. The Bertz CT molecular complexity index is 1260. The second-order valence-electron chi connectivity index (χ2n) is 7.02. The lowest BCUT2D eigenvalue weighted by atomic mass is 10.0. The van der Waals surface area contributed by atoms with E-state index in [9.17, 15) is 0 Å². The zero-order valence-electron chi connectivity index (χ0n) is 16.3. The number of aromatic nitrogens is 4. The molecule has 0 spiro atoms. The molecule has 0 unspecified atom stereocenters. The highest BCUT2D eigenvalue weighted by molar-refractivity contribution is 6.30. The van der Waals surface area contributed by atoms with Crippen molar-refractivity contribution in [1.29, 1.82) is 0 Å². The Labute approximate surface area is 189 Å². The number of para-hydroxylation sites is 1. The summed E-state index contributed by atoms with van der Waals surface area (Å²) in [7, 11) is 0. The van der Waals surface area contributed by atoms with E-state index in [0.29, 0.717) is 10.0 Å². The summed E-state index contributed by atoms with van der Waals surface area (Å²) < 4.78 is 1.76. The number of halogens is 2. The number of hydrogen-bond donors (Lipinski definition) is 0. The van der Waals surface area contributed by atoms with E-state index < -0.39 is 0 Å². The Morgan fingerprint density at radius 1 is 0.581 bits per heavy atom. The molecule has 0 saturated heterocycles. The van der Waals surface area contributed by atoms with Crippen LogP contribution in [0.2, 0.25) is 10.0 Å². The predicted molar refractivity (Wildman–Crippen MR) is 125 cm³/mol. The van der Waals surface area contributed by atoms with Crippen LogP contribution in [0.3, 0.4) is 0 Å². The van der Waals surface area contributed by atoms with Gasteiger partial charge in [-0.25, -0.2) is 9.67 Å². The molecule has 6 heteroatoms. The van der Waals surface area contributed by atoms with Crippen molar-refractivity contribution in [2.75, 3.05) is 0 Å². The van der Waals surface area contributed by atoms with Gasteiger partial charge in [-0.3, -0.25) is 0 Å². The van der Waals surface area contributed by atoms with Gasteiger partial charge in [-0.1, -0.05) is 70.9 Å². The smallest absolute Gasteiger partial charge is 0.113 e. The molecule has 5 rings (SSSR count). The van der Waals surface area contributed by atoms with E-state index in [1.165, 1.54) is 0 Å². The first kappa shape index (κ1) is 19.5. The van der Waals surface area contributed by atoms with Gasteiger partial charge in [-0.15, -0.1) is 5.10 Å². The lowest BCUT2D eigenvalue weighted by Gasteiger charge is -2.09. The third kappa shape index (κ3) is 4.22. The summed E-state index contributed by atoms with van der Waals surface area (Å²) >= 11 is 12.2. The van der Waals surface area contributed by atoms with E-state index in [4.69, 9.17) is 28.2 Å². The summed E-state index contributed by atoms with van der Waals surface area (Å²) in [6, 6.07) is 29.2. The molecule has 0 fully saturated rings. The molecule has 0 bridgehead atoms. The highest BCUT2D eigenvalue weighted by atomic mass is 35.5. The Balaban J connectivity index is 1.63. The molecule has 0 saturated carbocycles. The first-order valence-electron chi connectivity index (χ1n) is 9.68. The van der Waals surface area contributed by atoms with Crippen LogP contribution in [0.25, 0.3) is 39.5 Å². The van der Waals surface area contributed by atoms with Crippen LogP contribution >= 0.6 is 23.2 Å². The fraction of sp³-hybridized carbons (Fsp3) is 0. The Hall–Kier alpha value is -3.47. The lowest BCUT2D eigenvalue weighted by molar-refractivity contribution is 0.804. The van der Waals surface area contributed by atoms with Crippen LogP contribution in [0.1, 0.15) is 0 Å². The minimum Gasteiger partial charge on any atom is -0.248 e. The second-order valence-corrected chi connectivity index (χ2v) is 7.90. The van der Waals surface area contributed by atoms with Crippen molar-refractivity contribution < 1.29 is 0 Å². The molecule has 0 aliphatic carbocycles. The average molecular weight is 443 g/mol. The first-order valence-corrected chi connectivity index (χ1v) is 10.4. The number of rotatable bonds is 4. The monoisotopic (exact) mass is 442 g/mol. The van der Waals surface area contributed by atoms with Gasteiger partial charge in [-0.2, -0.15) is 0 Å². The third-order valence-electron chi connectivity index (χ3n) is 4.92. The molecule has 0 N–H and O–H groups in total. The molecule has 0 aliphatic rings. The van der Waals surface area contributed by atoms with Crippen LogP contribution in [0.15, 0.2) is 97.2 Å². The van der Waals surface area contributed by atoms with Crippen LogP contribution in [0, 0.1) is 0 Å². The van der Waals surface area contributed by atoms with Gasteiger partial charge in [0.25, 0.3) is 0 Å². The molecule has 0 radical (unpaired) electrons. The Morgan fingerprint density at radius 3 is 1.68 bits per heavy atom. The zero-order valence-corrected chi connectivity index (χ0v) is 17.8. The van der Waals surface area contributed by atoms with E-state index in [2.05, 4.69) is 10.3 Å². The van der Waals surface area contributed by atoms with E-state index in [-0.39, 0.29) is 0 Å². The van der Waals surface area contributed by atoms with E-state index >= 15 is 0 Å². The normalized spacial score (nSPS) is 10.9. The lowest BCUT2D eigenvalue weighted by Crippen LogP contribution is -1.93. The van der Waals surface area contributed by atoms with Crippen LogP contribution in [-0.2, 0) is 0 Å². The largest absolute Gasteiger partial charge is 0.248 e. The maximum Gasteiger partial charge on any atom is 0.113 e. The highest BCUT2D eigenvalue weighted by Gasteiger charge is 2.12. The molecule has 31 heavy (non-hydrogen) atoms. The molecule has 2 aromatic heterocycles. The predicted octanol–water partition coefficient (Wildman–Crippen LogP) is 6.97. The average Bonchev–Trinajstić information content (AvgIpc) is 3.31. The van der Waals surface area contributed by atoms with E-state index in [1.54, 1.807) is 4.68 Å². The molecule has 3 aromatic carbocycles. The maximum absolute atomic E-state index is 6.08. The quantitative estimate of drug-likeness (QED) is 0.301. The highest BCUT2D eigenvalue weighted by Crippen LogP contribution is 2.30. The van der Waals surface area contributed by atoms with Crippen molar-refractivity contribution in [1.82, 2.24) is 20.0 Å². The number of benzene rings is 3. The van der Waals surface area contributed by atoms with Crippen LogP contribution in [-0.4, -0.2) is 20.0 Å². The molecular weight excluding hydrogens is 427 g/mol. The van der Waals surface area contributed by atoms with Gasteiger partial charge in [0.1, 0.15) is 5.69 Å². The topological polar surface area (TPSA) is 43.6 Å². The zero-order chi connectivity index (χ0) is 21.2. The number of pyridine rings is 1. The molecule has 150 valence electrons. The minimum atomic E-state index is 0.684. The SMILES string of the molecule is Clc1ccc(-c2cc(-c3cn(-c4ccccc4)nn3)cc(-c3ccc(Cl)cc3)n2)cc1. The summed E-state index contributed by atoms with van der Waals surface area (Å²) in [5, 5.41) is 10.1. The second kappa shape index (κ2) is 8.34. The maximum atomic E-state index is 6.08. The van der Waals surface area contributed by atoms with Gasteiger partial charge in [0, 0.05) is 26.7 Å². The van der Waals surface area contributed by atoms with Crippen LogP contribution < -0.4 is 0 Å². The summed E-state index contributed by atoms with van der Waals surface area (Å²) in [6.07, 6.45) is 1.92. The standard InChI is InChI=1S/C25H16Cl2N4/c26-20-10-6-17(7-11-20)23-14-19(15-24(28-23)18-8-12-21(27)13-9-18)25-16-31(30-29-25)22-4-2-1-3-5-22/h1-16H. The third-order valence-corrected chi connectivity index (χ3v) is 5.42. The number of hydrogen-bond acceptors (Lipinski definition) is 3. The Morgan fingerprint density at radius 2 is 1.13 bits per heavy atom. The van der Waals surface area contributed by atoms with Gasteiger partial charge in [0.2, 0.25) is 0 Å². The molecule has 0 atom stereocenters. The Kier molecular flexibility index (Phi) is 5.24.